The van der Waals surface area contributed by atoms with E-state index in [4.69, 9.17) is 4.74 Å². The van der Waals surface area contributed by atoms with Gasteiger partial charge in [-0.25, -0.2) is 0 Å². The van der Waals surface area contributed by atoms with E-state index in [0.717, 1.165) is 25.3 Å². The number of nitrogens with zero attached hydrogens (tertiary/aromatic N) is 1. The topological polar surface area (TPSA) is 34.1 Å². The fraction of sp³-hybridized carbons (Fsp3) is 0.267. The Morgan fingerprint density at radius 1 is 1.22 bits per heavy atom. The van der Waals surface area contributed by atoms with Gasteiger partial charge >= 0.3 is 0 Å². The zero-order chi connectivity index (χ0) is 12.2. The fourth-order valence-corrected chi connectivity index (χ4v) is 2.31. The number of pyridine rings is 1. The van der Waals surface area contributed by atoms with E-state index in [9.17, 15) is 0 Å². The van der Waals surface area contributed by atoms with E-state index in [1.165, 1.54) is 16.7 Å². The number of hydrogen-bond acceptors (Lipinski definition) is 3. The minimum atomic E-state index is 0.608. The third-order valence-corrected chi connectivity index (χ3v) is 3.27. The number of rotatable bonds is 3. The Labute approximate surface area is 107 Å². The maximum absolute atomic E-state index is 5.77. The molecule has 0 spiro atoms. The first kappa shape index (κ1) is 11.2. The van der Waals surface area contributed by atoms with Crippen molar-refractivity contribution in [3.8, 4) is 5.75 Å². The Kier molecular flexibility index (Phi) is 3.24. The highest BCUT2D eigenvalue weighted by Crippen LogP contribution is 2.20. The summed E-state index contributed by atoms with van der Waals surface area (Å²) in [6, 6.07) is 10.3. The molecule has 0 atom stereocenters. The second kappa shape index (κ2) is 5.19. The third-order valence-electron chi connectivity index (χ3n) is 3.27. The zero-order valence-corrected chi connectivity index (χ0v) is 10.2. The van der Waals surface area contributed by atoms with Gasteiger partial charge in [0.05, 0.1) is 6.20 Å². The molecule has 1 N–H and O–H groups in total. The van der Waals surface area contributed by atoms with E-state index in [2.05, 4.69) is 28.5 Å². The van der Waals surface area contributed by atoms with E-state index in [0.29, 0.717) is 6.61 Å². The van der Waals surface area contributed by atoms with Gasteiger partial charge < -0.3 is 10.1 Å². The van der Waals surface area contributed by atoms with E-state index in [-0.39, 0.29) is 0 Å². The fourth-order valence-electron chi connectivity index (χ4n) is 2.31. The molecule has 2 heterocycles. The Bertz CT molecular complexity index is 525. The van der Waals surface area contributed by atoms with Gasteiger partial charge in [-0.2, -0.15) is 0 Å². The Morgan fingerprint density at radius 3 is 3.11 bits per heavy atom. The lowest BCUT2D eigenvalue weighted by molar-refractivity contribution is 0.303. The number of benzene rings is 1. The monoisotopic (exact) mass is 240 g/mol. The second-order valence-electron chi connectivity index (χ2n) is 4.46. The van der Waals surface area contributed by atoms with Crippen LogP contribution in [0.25, 0.3) is 0 Å². The second-order valence-corrected chi connectivity index (χ2v) is 4.46. The van der Waals surface area contributed by atoms with Crippen molar-refractivity contribution in [2.45, 2.75) is 19.6 Å². The molecule has 1 aliphatic heterocycles. The summed E-state index contributed by atoms with van der Waals surface area (Å²) in [6.07, 6.45) is 4.60. The Balaban J connectivity index is 1.77. The first-order valence-electron chi connectivity index (χ1n) is 6.26. The largest absolute Gasteiger partial charge is 0.487 e. The molecule has 0 radical (unpaired) electrons. The summed E-state index contributed by atoms with van der Waals surface area (Å²) in [5.41, 5.74) is 4.11. The molecule has 0 bridgehead atoms. The predicted molar refractivity (Wildman–Crippen MR) is 70.4 cm³/mol. The minimum Gasteiger partial charge on any atom is -0.487 e. The molecule has 1 aromatic heterocycles. The lowest BCUT2D eigenvalue weighted by Gasteiger charge is -2.20. The van der Waals surface area contributed by atoms with Crippen LogP contribution in [0.1, 0.15) is 16.7 Å². The van der Waals surface area contributed by atoms with Crippen LogP contribution in [0.2, 0.25) is 0 Å². The van der Waals surface area contributed by atoms with Crippen LogP contribution in [0.3, 0.4) is 0 Å². The van der Waals surface area contributed by atoms with Gasteiger partial charge in [0, 0.05) is 12.7 Å². The van der Waals surface area contributed by atoms with Gasteiger partial charge in [0.1, 0.15) is 12.4 Å². The highest BCUT2D eigenvalue weighted by molar-refractivity contribution is 5.36. The summed E-state index contributed by atoms with van der Waals surface area (Å²) >= 11 is 0. The number of ether oxygens (including phenoxy) is 1. The molecular weight excluding hydrogens is 224 g/mol. The first-order valence-corrected chi connectivity index (χ1v) is 6.26. The number of aromatic nitrogens is 1. The molecule has 3 heteroatoms. The van der Waals surface area contributed by atoms with Crippen molar-refractivity contribution in [3.05, 3.63) is 59.4 Å². The van der Waals surface area contributed by atoms with Crippen molar-refractivity contribution >= 4 is 0 Å². The lowest BCUT2D eigenvalue weighted by Crippen LogP contribution is -2.25. The van der Waals surface area contributed by atoms with Gasteiger partial charge in [0.2, 0.25) is 0 Å². The van der Waals surface area contributed by atoms with Crippen molar-refractivity contribution in [2.75, 3.05) is 6.54 Å². The number of nitrogens with one attached hydrogen (secondary N) is 1. The zero-order valence-electron chi connectivity index (χ0n) is 10.2. The molecule has 18 heavy (non-hydrogen) atoms. The van der Waals surface area contributed by atoms with Crippen LogP contribution in [-0.4, -0.2) is 11.5 Å². The molecule has 0 aliphatic carbocycles. The van der Waals surface area contributed by atoms with Crippen molar-refractivity contribution in [1.29, 1.82) is 0 Å². The van der Waals surface area contributed by atoms with E-state index in [1.54, 1.807) is 12.4 Å². The molecule has 0 saturated heterocycles. The third kappa shape index (κ3) is 2.36. The standard InChI is InChI=1S/C15H16N2O/c1-3-12-6-8-17-10-15(12)13(4-1)11-18-14-5-2-7-16-9-14/h1-5,7,9,17H,6,8,10-11H2. The van der Waals surface area contributed by atoms with Crippen molar-refractivity contribution in [3.63, 3.8) is 0 Å². The van der Waals surface area contributed by atoms with Gasteiger partial charge in [-0.05, 0) is 41.8 Å². The molecular formula is C15H16N2O. The van der Waals surface area contributed by atoms with Crippen LogP contribution in [0.15, 0.2) is 42.7 Å². The molecule has 0 unspecified atom stereocenters. The molecule has 0 fully saturated rings. The summed E-state index contributed by atoms with van der Waals surface area (Å²) in [4.78, 5) is 4.05. The normalized spacial score (nSPS) is 14.0. The van der Waals surface area contributed by atoms with Crippen LogP contribution in [0.5, 0.6) is 5.75 Å². The molecule has 1 aliphatic rings. The van der Waals surface area contributed by atoms with Gasteiger partial charge in [-0.15, -0.1) is 0 Å². The average Bonchev–Trinajstić information content (AvgIpc) is 2.46. The van der Waals surface area contributed by atoms with E-state index in [1.807, 2.05) is 12.1 Å². The van der Waals surface area contributed by atoms with Gasteiger partial charge in [-0.1, -0.05) is 18.2 Å². The maximum Gasteiger partial charge on any atom is 0.138 e. The highest BCUT2D eigenvalue weighted by Gasteiger charge is 2.12. The summed E-state index contributed by atoms with van der Waals surface area (Å²) in [5, 5.41) is 3.41. The Morgan fingerprint density at radius 2 is 2.22 bits per heavy atom. The van der Waals surface area contributed by atoms with Crippen molar-refractivity contribution in [2.24, 2.45) is 0 Å². The molecule has 2 aromatic rings. The summed E-state index contributed by atoms with van der Waals surface area (Å²) in [6.45, 7) is 2.62. The minimum absolute atomic E-state index is 0.608. The summed E-state index contributed by atoms with van der Waals surface area (Å²) in [7, 11) is 0. The van der Waals surface area contributed by atoms with Gasteiger partial charge in [-0.3, -0.25) is 4.98 Å². The average molecular weight is 240 g/mol. The van der Waals surface area contributed by atoms with Gasteiger partial charge in [0.15, 0.2) is 0 Å². The van der Waals surface area contributed by atoms with Crippen LogP contribution in [0, 0.1) is 0 Å². The maximum atomic E-state index is 5.77. The van der Waals surface area contributed by atoms with Crippen LogP contribution in [0.4, 0.5) is 0 Å². The first-order chi connectivity index (χ1) is 8.93. The van der Waals surface area contributed by atoms with Gasteiger partial charge in [0.25, 0.3) is 0 Å². The van der Waals surface area contributed by atoms with Crippen molar-refractivity contribution in [1.82, 2.24) is 10.3 Å². The molecule has 3 rings (SSSR count). The highest BCUT2D eigenvalue weighted by atomic mass is 16.5. The summed E-state index contributed by atoms with van der Waals surface area (Å²) in [5.74, 6) is 0.818. The van der Waals surface area contributed by atoms with E-state index >= 15 is 0 Å². The Hall–Kier alpha value is -1.87. The number of fused-ring (bicyclic) bond motifs is 1. The molecule has 1 aromatic carbocycles. The number of hydrogen-bond donors (Lipinski definition) is 1. The smallest absolute Gasteiger partial charge is 0.138 e. The van der Waals surface area contributed by atoms with Crippen LogP contribution < -0.4 is 10.1 Å². The molecule has 92 valence electrons. The SMILES string of the molecule is c1cncc(OCc2cccc3c2CNCC3)c1. The predicted octanol–water partition coefficient (Wildman–Crippen LogP) is 2.31. The molecule has 3 nitrogen and oxygen atoms in total. The molecule has 0 saturated carbocycles. The summed E-state index contributed by atoms with van der Waals surface area (Å²) < 4.78 is 5.77. The van der Waals surface area contributed by atoms with Crippen LogP contribution >= 0.6 is 0 Å². The lowest BCUT2D eigenvalue weighted by atomic mass is 9.96. The van der Waals surface area contributed by atoms with Crippen molar-refractivity contribution < 1.29 is 4.74 Å². The molecule has 0 amide bonds. The quantitative estimate of drug-likeness (QED) is 0.894. The van der Waals surface area contributed by atoms with Crippen LogP contribution in [-0.2, 0) is 19.6 Å². The van der Waals surface area contributed by atoms with E-state index < -0.39 is 0 Å².